The van der Waals surface area contributed by atoms with Crippen molar-refractivity contribution in [1.29, 1.82) is 0 Å². The third-order valence-corrected chi connectivity index (χ3v) is 5.21. The Hall–Kier alpha value is -2.71. The molecule has 2 bridgehead atoms. The first kappa shape index (κ1) is 15.8. The van der Waals surface area contributed by atoms with E-state index < -0.39 is 46.0 Å². The second kappa shape index (κ2) is 4.90. The van der Waals surface area contributed by atoms with Crippen molar-refractivity contribution in [3.8, 4) is 0 Å². The van der Waals surface area contributed by atoms with Gasteiger partial charge in [0.25, 0.3) is 5.69 Å². The Kier molecular flexibility index (Phi) is 3.10. The molecule has 6 nitrogen and oxygen atoms in total. The second-order valence-electron chi connectivity index (χ2n) is 6.47. The Morgan fingerprint density at radius 1 is 1.08 bits per heavy atom. The van der Waals surface area contributed by atoms with Crippen LogP contribution in [0, 0.1) is 33.8 Å². The zero-order valence-corrected chi connectivity index (χ0v) is 12.6. The van der Waals surface area contributed by atoms with Gasteiger partial charge in [-0.1, -0.05) is 12.2 Å². The summed E-state index contributed by atoms with van der Waals surface area (Å²) in [5.74, 6) is -2.31. The highest BCUT2D eigenvalue weighted by Crippen LogP contribution is 2.53. The van der Waals surface area contributed by atoms with Crippen LogP contribution in [0.15, 0.2) is 30.4 Å². The van der Waals surface area contributed by atoms with E-state index >= 15 is 0 Å². The molecular formula is C16H11F3N2O4. The number of benzene rings is 1. The third-order valence-electron chi connectivity index (χ3n) is 5.21. The molecule has 130 valence electrons. The number of allylic oxidation sites excluding steroid dienone is 2. The van der Waals surface area contributed by atoms with Gasteiger partial charge >= 0.3 is 6.18 Å². The average Bonchev–Trinajstić information content (AvgIpc) is 3.20. The molecule has 0 unspecified atom stereocenters. The quantitative estimate of drug-likeness (QED) is 0.355. The first-order valence-electron chi connectivity index (χ1n) is 7.62. The second-order valence-corrected chi connectivity index (χ2v) is 6.47. The fourth-order valence-corrected chi connectivity index (χ4v) is 4.21. The van der Waals surface area contributed by atoms with Crippen molar-refractivity contribution in [2.45, 2.75) is 12.6 Å². The van der Waals surface area contributed by atoms with Gasteiger partial charge < -0.3 is 0 Å². The molecule has 2 fully saturated rings. The van der Waals surface area contributed by atoms with Gasteiger partial charge in [0.15, 0.2) is 0 Å². The molecule has 1 aliphatic heterocycles. The van der Waals surface area contributed by atoms with Crippen molar-refractivity contribution < 1.29 is 27.7 Å². The van der Waals surface area contributed by atoms with Crippen molar-refractivity contribution in [1.82, 2.24) is 0 Å². The van der Waals surface area contributed by atoms with Crippen LogP contribution in [0.4, 0.5) is 24.5 Å². The van der Waals surface area contributed by atoms with Crippen LogP contribution in [0.5, 0.6) is 0 Å². The highest BCUT2D eigenvalue weighted by molar-refractivity contribution is 6.22. The summed E-state index contributed by atoms with van der Waals surface area (Å²) >= 11 is 0. The van der Waals surface area contributed by atoms with Crippen molar-refractivity contribution in [2.75, 3.05) is 4.90 Å². The third kappa shape index (κ3) is 2.11. The fourth-order valence-electron chi connectivity index (χ4n) is 4.21. The monoisotopic (exact) mass is 352 g/mol. The first-order chi connectivity index (χ1) is 11.7. The Balaban J connectivity index is 1.77. The van der Waals surface area contributed by atoms with E-state index in [0.29, 0.717) is 18.6 Å². The molecule has 0 aromatic heterocycles. The lowest BCUT2D eigenvalue weighted by Gasteiger charge is -2.18. The molecule has 0 N–H and O–H groups in total. The molecule has 4 rings (SSSR count). The maximum atomic E-state index is 13.1. The van der Waals surface area contributed by atoms with Gasteiger partial charge in [-0.2, -0.15) is 13.2 Å². The molecular weight excluding hydrogens is 341 g/mol. The van der Waals surface area contributed by atoms with Gasteiger partial charge in [0.1, 0.15) is 5.56 Å². The molecule has 4 atom stereocenters. The smallest absolute Gasteiger partial charge is 0.274 e. The number of hydrogen-bond donors (Lipinski definition) is 0. The first-order valence-corrected chi connectivity index (χ1v) is 7.62. The lowest BCUT2D eigenvalue weighted by atomic mass is 9.85. The molecule has 1 heterocycles. The van der Waals surface area contributed by atoms with Crippen molar-refractivity contribution in [3.05, 3.63) is 46.0 Å². The van der Waals surface area contributed by atoms with Crippen LogP contribution in [-0.2, 0) is 15.8 Å². The van der Waals surface area contributed by atoms with E-state index in [4.69, 9.17) is 0 Å². The molecule has 9 heteroatoms. The largest absolute Gasteiger partial charge is 0.423 e. The number of amides is 2. The summed E-state index contributed by atoms with van der Waals surface area (Å²) < 4.78 is 39.4. The van der Waals surface area contributed by atoms with E-state index in [0.717, 1.165) is 11.0 Å². The van der Waals surface area contributed by atoms with Crippen LogP contribution < -0.4 is 4.90 Å². The van der Waals surface area contributed by atoms with Gasteiger partial charge in [0, 0.05) is 6.07 Å². The van der Waals surface area contributed by atoms with Crippen molar-refractivity contribution in [3.63, 3.8) is 0 Å². The molecule has 1 saturated carbocycles. The van der Waals surface area contributed by atoms with Crippen LogP contribution in [0.1, 0.15) is 12.0 Å². The van der Waals surface area contributed by atoms with E-state index in [1.165, 1.54) is 0 Å². The molecule has 0 radical (unpaired) electrons. The number of anilines is 1. The zero-order valence-electron chi connectivity index (χ0n) is 12.6. The van der Waals surface area contributed by atoms with Gasteiger partial charge in [0.05, 0.1) is 22.4 Å². The summed E-state index contributed by atoms with van der Waals surface area (Å²) in [6, 6.07) is 2.20. The van der Waals surface area contributed by atoms with E-state index in [2.05, 4.69) is 0 Å². The number of rotatable bonds is 2. The highest BCUT2D eigenvalue weighted by atomic mass is 19.4. The summed E-state index contributed by atoms with van der Waals surface area (Å²) in [5.41, 5.74) is -2.87. The van der Waals surface area contributed by atoms with Crippen LogP contribution >= 0.6 is 0 Å². The van der Waals surface area contributed by atoms with Crippen molar-refractivity contribution >= 4 is 23.2 Å². The Bertz CT molecular complexity index is 818. The van der Waals surface area contributed by atoms with E-state index in [1.807, 2.05) is 12.2 Å². The summed E-state index contributed by atoms with van der Waals surface area (Å²) in [6.45, 7) is 0. The number of alkyl halides is 3. The maximum Gasteiger partial charge on any atom is 0.423 e. The average molecular weight is 352 g/mol. The SMILES string of the molecule is O=C1[C@@H]2[C@H](C(=O)N1c1ccc([N+](=O)[O-])c(C(F)(F)F)c1)[C@H]1C=C[C@@H]2C1. The Labute approximate surface area is 139 Å². The predicted molar refractivity (Wildman–Crippen MR) is 78.3 cm³/mol. The lowest BCUT2D eigenvalue weighted by Crippen LogP contribution is -2.33. The number of halogens is 3. The fraction of sp³-hybridized carbons (Fsp3) is 0.375. The number of imide groups is 1. The molecule has 3 aliphatic rings. The summed E-state index contributed by atoms with van der Waals surface area (Å²) in [5, 5.41) is 10.8. The van der Waals surface area contributed by atoms with Crippen LogP contribution in [0.2, 0.25) is 0 Å². The van der Waals surface area contributed by atoms with E-state index in [1.54, 1.807) is 0 Å². The number of fused-ring (bicyclic) bond motifs is 5. The normalized spacial score (nSPS) is 30.3. The predicted octanol–water partition coefficient (Wildman–Crippen LogP) is 2.93. The lowest BCUT2D eigenvalue weighted by molar-refractivity contribution is -0.388. The molecule has 2 amide bonds. The Morgan fingerprint density at radius 2 is 1.64 bits per heavy atom. The van der Waals surface area contributed by atoms with Gasteiger partial charge in [-0.3, -0.25) is 19.7 Å². The van der Waals surface area contributed by atoms with Gasteiger partial charge in [-0.25, -0.2) is 4.90 Å². The number of nitro benzene ring substituents is 1. The molecule has 2 aliphatic carbocycles. The highest BCUT2D eigenvalue weighted by Gasteiger charge is 2.59. The van der Waals surface area contributed by atoms with E-state index in [-0.39, 0.29) is 17.5 Å². The van der Waals surface area contributed by atoms with Gasteiger partial charge in [-0.05, 0) is 30.4 Å². The van der Waals surface area contributed by atoms with E-state index in [9.17, 15) is 32.9 Å². The Morgan fingerprint density at radius 3 is 2.12 bits per heavy atom. The molecule has 25 heavy (non-hydrogen) atoms. The molecule has 0 spiro atoms. The van der Waals surface area contributed by atoms with Gasteiger partial charge in [0.2, 0.25) is 11.8 Å². The number of carbonyl (C=O) groups is 2. The maximum absolute atomic E-state index is 13.1. The molecule has 1 aromatic rings. The molecule has 1 saturated heterocycles. The summed E-state index contributed by atoms with van der Waals surface area (Å²) in [7, 11) is 0. The van der Waals surface area contributed by atoms with Gasteiger partial charge in [-0.15, -0.1) is 0 Å². The number of nitrogens with zero attached hydrogens (tertiary/aromatic N) is 2. The zero-order chi connectivity index (χ0) is 18.1. The number of nitro groups is 1. The van der Waals surface area contributed by atoms with Crippen LogP contribution in [-0.4, -0.2) is 16.7 Å². The number of carbonyl (C=O) groups excluding carboxylic acids is 2. The molecule has 1 aromatic carbocycles. The number of hydrogen-bond acceptors (Lipinski definition) is 4. The van der Waals surface area contributed by atoms with Crippen LogP contribution in [0.25, 0.3) is 0 Å². The van der Waals surface area contributed by atoms with Crippen LogP contribution in [0.3, 0.4) is 0 Å². The standard InChI is InChI=1S/C16H11F3N2O4/c17-16(18,19)10-6-9(3-4-11(10)21(24)25)20-14(22)12-7-1-2-8(5-7)13(12)15(20)23/h1-4,6-8,12-13H,5H2/t7-,8+,12+,13-. The van der Waals surface area contributed by atoms with Crippen molar-refractivity contribution in [2.24, 2.45) is 23.7 Å². The minimum atomic E-state index is -4.97. The summed E-state index contributed by atoms with van der Waals surface area (Å²) in [6.07, 6.45) is -0.523. The topological polar surface area (TPSA) is 80.5 Å². The minimum Gasteiger partial charge on any atom is -0.274 e. The minimum absolute atomic E-state index is 0.0726. The summed E-state index contributed by atoms with van der Waals surface area (Å²) in [4.78, 5) is 35.7.